The number of hydrogen-bond acceptors (Lipinski definition) is 7. The van der Waals surface area contributed by atoms with Crippen LogP contribution < -0.4 is 24.8 Å². The summed E-state index contributed by atoms with van der Waals surface area (Å²) in [4.78, 5) is 14.8. The SMILES string of the molecule is CNc1c(F)c(F)c(N2CCN(c3nc(OC)nc4c3CCN(c3cccc5cccc(Cl)c35)C4)CC2)c(F)c1F. The number of anilines is 4. The van der Waals surface area contributed by atoms with Gasteiger partial charge in [-0.1, -0.05) is 35.9 Å². The summed E-state index contributed by atoms with van der Waals surface area (Å²) in [7, 11) is 2.70. The van der Waals surface area contributed by atoms with Crippen molar-refractivity contribution in [3.05, 3.63) is 75.9 Å². The Bertz CT molecular complexity index is 1610. The molecule has 41 heavy (non-hydrogen) atoms. The average molecular weight is 587 g/mol. The highest BCUT2D eigenvalue weighted by Gasteiger charge is 2.32. The molecule has 3 heterocycles. The summed E-state index contributed by atoms with van der Waals surface area (Å²) in [5.41, 5.74) is 1.26. The van der Waals surface area contributed by atoms with Crippen molar-refractivity contribution in [1.82, 2.24) is 9.97 Å². The average Bonchev–Trinajstić information content (AvgIpc) is 3.00. The van der Waals surface area contributed by atoms with E-state index < -0.39 is 34.6 Å². The zero-order chi connectivity index (χ0) is 28.8. The molecular weight excluding hydrogens is 560 g/mol. The Morgan fingerprint density at radius 3 is 2.15 bits per heavy atom. The fourth-order valence-electron chi connectivity index (χ4n) is 5.75. The smallest absolute Gasteiger partial charge is 0.318 e. The van der Waals surface area contributed by atoms with Gasteiger partial charge in [-0.05, 0) is 23.9 Å². The lowest BCUT2D eigenvalue weighted by Gasteiger charge is -2.39. The molecule has 0 amide bonds. The number of fused-ring (bicyclic) bond motifs is 2. The van der Waals surface area contributed by atoms with Crippen LogP contribution in [-0.2, 0) is 13.0 Å². The molecule has 214 valence electrons. The third kappa shape index (κ3) is 4.61. The Labute approximate surface area is 239 Å². The van der Waals surface area contributed by atoms with Gasteiger partial charge in [-0.25, -0.2) is 17.6 Å². The topological polar surface area (TPSA) is 56.8 Å². The molecule has 12 heteroatoms. The first-order valence-corrected chi connectivity index (χ1v) is 13.6. The fourth-order valence-corrected chi connectivity index (χ4v) is 6.02. The lowest BCUT2D eigenvalue weighted by atomic mass is 10.0. The molecular formula is C29H27ClF4N6O. The minimum atomic E-state index is -1.45. The van der Waals surface area contributed by atoms with Crippen LogP contribution in [0.4, 0.5) is 40.4 Å². The van der Waals surface area contributed by atoms with Crippen molar-refractivity contribution in [2.75, 3.05) is 66.9 Å². The number of rotatable bonds is 5. The normalized spacial score (nSPS) is 15.3. The zero-order valence-electron chi connectivity index (χ0n) is 22.4. The van der Waals surface area contributed by atoms with E-state index in [1.54, 1.807) is 0 Å². The molecule has 1 fully saturated rings. The van der Waals surface area contributed by atoms with E-state index in [4.69, 9.17) is 16.3 Å². The summed E-state index contributed by atoms with van der Waals surface area (Å²) in [5.74, 6) is -5.05. The van der Waals surface area contributed by atoms with Gasteiger partial charge in [-0.15, -0.1) is 0 Å². The Balaban J connectivity index is 1.28. The van der Waals surface area contributed by atoms with Crippen LogP contribution in [0, 0.1) is 23.3 Å². The molecule has 3 aromatic carbocycles. The highest BCUT2D eigenvalue weighted by atomic mass is 35.5. The first-order chi connectivity index (χ1) is 19.8. The number of nitrogens with one attached hydrogen (secondary N) is 1. The van der Waals surface area contributed by atoms with Gasteiger partial charge in [-0.2, -0.15) is 9.97 Å². The predicted octanol–water partition coefficient (Wildman–Crippen LogP) is 5.78. The van der Waals surface area contributed by atoms with Crippen molar-refractivity contribution in [3.8, 4) is 6.01 Å². The van der Waals surface area contributed by atoms with E-state index in [0.717, 1.165) is 27.7 Å². The van der Waals surface area contributed by atoms with Gasteiger partial charge in [0.1, 0.15) is 17.2 Å². The van der Waals surface area contributed by atoms with E-state index >= 15 is 0 Å². The van der Waals surface area contributed by atoms with E-state index in [0.29, 0.717) is 43.4 Å². The number of aromatic nitrogens is 2. The summed E-state index contributed by atoms with van der Waals surface area (Å²) < 4.78 is 63.8. The maximum Gasteiger partial charge on any atom is 0.318 e. The molecule has 0 atom stereocenters. The summed E-state index contributed by atoms with van der Waals surface area (Å²) in [5, 5.41) is 4.88. The van der Waals surface area contributed by atoms with Gasteiger partial charge in [0.15, 0.2) is 23.3 Å². The van der Waals surface area contributed by atoms with Gasteiger partial charge >= 0.3 is 6.01 Å². The standard InChI is InChI=1S/C29H27ClF4N6O/c1-35-26-22(31)24(33)27(25(34)23(26)32)38-11-13-39(14-12-38)28-17-9-10-40(15-19(17)36-29(37-28)41-2)20-8-4-6-16-5-3-7-18(30)21(16)20/h3-8,35H,9-15H2,1-2H3. The number of halogens is 5. The van der Waals surface area contributed by atoms with Crippen LogP contribution in [0.5, 0.6) is 6.01 Å². The number of ether oxygens (including phenoxy) is 1. The van der Waals surface area contributed by atoms with Crippen LogP contribution in [0.3, 0.4) is 0 Å². The van der Waals surface area contributed by atoms with Crippen molar-refractivity contribution in [1.29, 1.82) is 0 Å². The third-order valence-electron chi connectivity index (χ3n) is 7.76. The molecule has 0 aliphatic carbocycles. The van der Waals surface area contributed by atoms with Gasteiger partial charge in [0, 0.05) is 56.4 Å². The molecule has 1 N–H and O–H groups in total. The molecule has 1 saturated heterocycles. The second-order valence-electron chi connectivity index (χ2n) is 9.95. The summed E-state index contributed by atoms with van der Waals surface area (Å²) in [6.45, 7) is 2.13. The summed E-state index contributed by atoms with van der Waals surface area (Å²) in [6, 6.07) is 12.1. The van der Waals surface area contributed by atoms with Crippen LogP contribution in [0.25, 0.3) is 10.8 Å². The monoisotopic (exact) mass is 586 g/mol. The van der Waals surface area contributed by atoms with Crippen molar-refractivity contribution in [2.24, 2.45) is 0 Å². The van der Waals surface area contributed by atoms with Crippen LogP contribution in [0.15, 0.2) is 36.4 Å². The highest BCUT2D eigenvalue weighted by molar-refractivity contribution is 6.36. The molecule has 0 spiro atoms. The molecule has 0 bridgehead atoms. The highest BCUT2D eigenvalue weighted by Crippen LogP contribution is 2.38. The second kappa shape index (κ2) is 10.8. The molecule has 2 aliphatic rings. The maximum atomic E-state index is 14.8. The Morgan fingerprint density at radius 2 is 1.49 bits per heavy atom. The number of methoxy groups -OCH3 is 1. The Morgan fingerprint density at radius 1 is 0.829 bits per heavy atom. The maximum absolute atomic E-state index is 14.8. The Hall–Kier alpha value is -3.99. The number of benzene rings is 3. The first-order valence-electron chi connectivity index (χ1n) is 13.2. The van der Waals surface area contributed by atoms with Crippen molar-refractivity contribution in [2.45, 2.75) is 13.0 Å². The van der Waals surface area contributed by atoms with Gasteiger partial charge in [0.25, 0.3) is 0 Å². The van der Waals surface area contributed by atoms with E-state index in [1.165, 1.54) is 19.1 Å². The first kappa shape index (κ1) is 27.2. The van der Waals surface area contributed by atoms with Crippen molar-refractivity contribution in [3.63, 3.8) is 0 Å². The molecule has 6 rings (SSSR count). The predicted molar refractivity (Wildman–Crippen MR) is 153 cm³/mol. The van der Waals surface area contributed by atoms with E-state index in [-0.39, 0.29) is 19.1 Å². The Kier molecular flexibility index (Phi) is 7.14. The molecule has 2 aliphatic heterocycles. The molecule has 0 unspecified atom stereocenters. The second-order valence-corrected chi connectivity index (χ2v) is 10.4. The van der Waals surface area contributed by atoms with Crippen LogP contribution in [-0.4, -0.2) is 56.8 Å². The van der Waals surface area contributed by atoms with Gasteiger partial charge < -0.3 is 24.8 Å². The molecule has 7 nitrogen and oxygen atoms in total. The van der Waals surface area contributed by atoms with Gasteiger partial charge in [0.2, 0.25) is 0 Å². The summed E-state index contributed by atoms with van der Waals surface area (Å²) >= 11 is 6.59. The molecule has 1 aromatic heterocycles. The van der Waals surface area contributed by atoms with Crippen molar-refractivity contribution < 1.29 is 22.3 Å². The number of nitrogens with zero attached hydrogens (tertiary/aromatic N) is 5. The fraction of sp³-hybridized carbons (Fsp3) is 0.310. The molecule has 0 radical (unpaired) electrons. The zero-order valence-corrected chi connectivity index (χ0v) is 23.2. The van der Waals surface area contributed by atoms with E-state index in [1.807, 2.05) is 41.3 Å². The van der Waals surface area contributed by atoms with Gasteiger partial charge in [-0.3, -0.25) is 0 Å². The minimum absolute atomic E-state index is 0.132. The van der Waals surface area contributed by atoms with Crippen LogP contribution in [0.1, 0.15) is 11.3 Å². The quantitative estimate of drug-likeness (QED) is 0.235. The molecule has 0 saturated carbocycles. The largest absolute Gasteiger partial charge is 0.467 e. The third-order valence-corrected chi connectivity index (χ3v) is 8.08. The van der Waals surface area contributed by atoms with Crippen LogP contribution >= 0.6 is 11.6 Å². The molecule has 4 aromatic rings. The summed E-state index contributed by atoms with van der Waals surface area (Å²) in [6.07, 6.45) is 0.654. The number of piperazine rings is 1. The van der Waals surface area contributed by atoms with Gasteiger partial charge in [0.05, 0.1) is 24.4 Å². The lowest BCUT2D eigenvalue weighted by molar-refractivity contribution is 0.376. The van der Waals surface area contributed by atoms with E-state index in [9.17, 15) is 17.6 Å². The van der Waals surface area contributed by atoms with Crippen LogP contribution in [0.2, 0.25) is 5.02 Å². The number of hydrogen-bond donors (Lipinski definition) is 1. The van der Waals surface area contributed by atoms with Crippen molar-refractivity contribution >= 4 is 45.3 Å². The lowest BCUT2D eigenvalue weighted by Crippen LogP contribution is -2.48. The van der Waals surface area contributed by atoms with E-state index in [2.05, 4.69) is 20.2 Å². The minimum Gasteiger partial charge on any atom is -0.467 e.